The maximum absolute atomic E-state index is 6.41. The molecule has 0 atom stereocenters. The smallest absolute Gasteiger partial charge is 0.422 e. The molecule has 5 heteroatoms. The Bertz CT molecular complexity index is 2370. The fourth-order valence-electron chi connectivity index (χ4n) is 7.19. The van der Waals surface area contributed by atoms with Crippen LogP contribution in [0.3, 0.4) is 0 Å². The van der Waals surface area contributed by atoms with E-state index in [0.717, 1.165) is 38.9 Å². The van der Waals surface area contributed by atoms with Gasteiger partial charge < -0.3 is 13.7 Å². The molecule has 0 fully saturated rings. The first kappa shape index (κ1) is 20.6. The molecule has 0 bridgehead atoms. The Labute approximate surface area is 229 Å². The summed E-state index contributed by atoms with van der Waals surface area (Å²) in [5.41, 5.74) is 11.5. The molecule has 0 saturated heterocycles. The number of hydrogen-bond acceptors (Lipinski definition) is 3. The molecule has 2 aliphatic heterocycles. The molecule has 0 amide bonds. The normalized spacial score (nSPS) is 13.4. The van der Waals surface area contributed by atoms with E-state index < -0.39 is 0 Å². The van der Waals surface area contributed by atoms with Gasteiger partial charge in [0.25, 0.3) is 0 Å². The maximum atomic E-state index is 6.41. The van der Waals surface area contributed by atoms with E-state index in [1.165, 1.54) is 44.1 Å². The molecule has 40 heavy (non-hydrogen) atoms. The average molecular weight is 509 g/mol. The number of benzene rings is 5. The zero-order valence-corrected chi connectivity index (χ0v) is 21.4. The van der Waals surface area contributed by atoms with E-state index in [-0.39, 0.29) is 6.98 Å². The van der Waals surface area contributed by atoms with Gasteiger partial charge in [-0.1, -0.05) is 84.9 Å². The number of furan rings is 1. The highest BCUT2D eigenvalue weighted by Gasteiger charge is 2.45. The quantitative estimate of drug-likeness (QED) is 0.210. The number of anilines is 2. The first-order chi connectivity index (χ1) is 19.9. The summed E-state index contributed by atoms with van der Waals surface area (Å²) in [4.78, 5) is 7.39. The molecule has 184 valence electrons. The highest BCUT2D eigenvalue weighted by Crippen LogP contribution is 2.49. The lowest BCUT2D eigenvalue weighted by molar-refractivity contribution is 0.670. The van der Waals surface area contributed by atoms with Crippen LogP contribution in [0.25, 0.3) is 66.0 Å². The number of rotatable bonds is 1. The van der Waals surface area contributed by atoms with E-state index >= 15 is 0 Å². The molecule has 0 spiro atoms. The lowest BCUT2D eigenvalue weighted by Crippen LogP contribution is -2.51. The van der Waals surface area contributed by atoms with Gasteiger partial charge in [0.1, 0.15) is 17.0 Å². The van der Waals surface area contributed by atoms with Crippen LogP contribution < -0.4 is 10.3 Å². The Kier molecular flexibility index (Phi) is 3.73. The zero-order valence-electron chi connectivity index (χ0n) is 21.4. The Morgan fingerprint density at radius 2 is 1.43 bits per heavy atom. The third-order valence-corrected chi connectivity index (χ3v) is 8.82. The van der Waals surface area contributed by atoms with Crippen molar-refractivity contribution in [2.24, 2.45) is 0 Å². The zero-order chi connectivity index (χ0) is 25.9. The average Bonchev–Trinajstić information content (AvgIpc) is 3.68. The second kappa shape index (κ2) is 7.22. The van der Waals surface area contributed by atoms with Crippen LogP contribution in [0.2, 0.25) is 0 Å². The van der Waals surface area contributed by atoms with Crippen LogP contribution in [-0.2, 0) is 0 Å². The van der Waals surface area contributed by atoms with Gasteiger partial charge >= 0.3 is 6.98 Å². The highest BCUT2D eigenvalue weighted by atomic mass is 16.3. The molecule has 4 nitrogen and oxygen atoms in total. The van der Waals surface area contributed by atoms with E-state index in [1.807, 2.05) is 18.3 Å². The van der Waals surface area contributed by atoms with Gasteiger partial charge in [0.2, 0.25) is 0 Å². The van der Waals surface area contributed by atoms with Crippen LogP contribution in [0.5, 0.6) is 0 Å². The number of hydrogen-bond donors (Lipinski definition) is 0. The van der Waals surface area contributed by atoms with Crippen molar-refractivity contribution >= 4 is 67.7 Å². The van der Waals surface area contributed by atoms with Gasteiger partial charge in [-0.25, -0.2) is 4.98 Å². The first-order valence-corrected chi connectivity index (χ1v) is 13.7. The van der Waals surface area contributed by atoms with Gasteiger partial charge in [0.05, 0.1) is 5.52 Å². The molecule has 10 rings (SSSR count). The molecule has 0 aliphatic carbocycles. The molecule has 5 heterocycles. The molecule has 0 N–H and O–H groups in total. The Morgan fingerprint density at radius 1 is 0.625 bits per heavy atom. The number of nitrogens with zero attached hydrogens (tertiary/aromatic N) is 3. The van der Waals surface area contributed by atoms with Crippen LogP contribution in [0.4, 0.5) is 11.5 Å². The highest BCUT2D eigenvalue weighted by molar-refractivity contribution is 6.82. The molecule has 0 saturated carbocycles. The fourth-order valence-corrected chi connectivity index (χ4v) is 7.19. The van der Waals surface area contributed by atoms with Crippen molar-refractivity contribution in [3.05, 3.63) is 121 Å². The molecule has 2 aliphatic rings. The molecule has 5 aromatic carbocycles. The summed E-state index contributed by atoms with van der Waals surface area (Å²) in [6.07, 6.45) is 1.95. The summed E-state index contributed by atoms with van der Waals surface area (Å²) in [5.74, 6) is 1.02. The summed E-state index contributed by atoms with van der Waals surface area (Å²) in [7, 11) is 0. The van der Waals surface area contributed by atoms with E-state index in [9.17, 15) is 0 Å². The van der Waals surface area contributed by atoms with E-state index in [0.29, 0.717) is 0 Å². The van der Waals surface area contributed by atoms with Gasteiger partial charge in [-0.05, 0) is 46.9 Å². The lowest BCUT2D eigenvalue weighted by Gasteiger charge is -2.34. The van der Waals surface area contributed by atoms with Crippen LogP contribution in [0, 0.1) is 0 Å². The fraction of sp³-hybridized carbons (Fsp3) is 0. The minimum atomic E-state index is 0.0145. The molecule has 8 aromatic rings. The second-order valence-corrected chi connectivity index (χ2v) is 10.8. The van der Waals surface area contributed by atoms with Crippen LogP contribution in [0.1, 0.15) is 0 Å². The van der Waals surface area contributed by atoms with Crippen molar-refractivity contribution in [1.29, 1.82) is 0 Å². The van der Waals surface area contributed by atoms with Crippen molar-refractivity contribution in [3.8, 4) is 22.3 Å². The number of pyridine rings is 1. The minimum Gasteiger partial charge on any atom is -0.455 e. The van der Waals surface area contributed by atoms with Crippen LogP contribution in [0.15, 0.2) is 126 Å². The van der Waals surface area contributed by atoms with Crippen molar-refractivity contribution < 1.29 is 4.42 Å². The standard InChI is InChI=1S/C35H20BN3O/c1-4-13-29-23(8-1)28-20-21(22-11-7-12-27-25-10-3-6-15-32(25)40-34(22)27)16-17-31(28)39-35-33-26(18-19-37-35)24-9-2-5-14-30(24)38(33)36(29)39/h1-20H. The number of aromatic nitrogens is 2. The molecule has 3 aromatic heterocycles. The van der Waals surface area contributed by atoms with Crippen molar-refractivity contribution in [2.75, 3.05) is 4.81 Å². The number of fused-ring (bicyclic) bond motifs is 14. The summed E-state index contributed by atoms with van der Waals surface area (Å²) in [6, 6.07) is 41.3. The summed E-state index contributed by atoms with van der Waals surface area (Å²) in [6.45, 7) is 0.0145. The van der Waals surface area contributed by atoms with Crippen molar-refractivity contribution in [1.82, 2.24) is 9.46 Å². The number of para-hydroxylation sites is 3. The van der Waals surface area contributed by atoms with Crippen molar-refractivity contribution in [2.45, 2.75) is 0 Å². The molecule has 0 radical (unpaired) electrons. The molecule has 0 unspecified atom stereocenters. The second-order valence-electron chi connectivity index (χ2n) is 10.8. The summed E-state index contributed by atoms with van der Waals surface area (Å²) < 4.78 is 8.89. The molecular weight excluding hydrogens is 489 g/mol. The summed E-state index contributed by atoms with van der Waals surface area (Å²) in [5, 5.41) is 4.82. The van der Waals surface area contributed by atoms with E-state index in [1.54, 1.807) is 0 Å². The largest absolute Gasteiger partial charge is 0.455 e. The van der Waals surface area contributed by atoms with E-state index in [4.69, 9.17) is 9.40 Å². The van der Waals surface area contributed by atoms with Gasteiger partial charge in [-0.15, -0.1) is 0 Å². The Morgan fingerprint density at radius 3 is 2.40 bits per heavy atom. The minimum absolute atomic E-state index is 0.0145. The van der Waals surface area contributed by atoms with Gasteiger partial charge in [-0.2, -0.15) is 0 Å². The predicted octanol–water partition coefficient (Wildman–Crippen LogP) is 8.13. The predicted molar refractivity (Wildman–Crippen MR) is 165 cm³/mol. The first-order valence-electron chi connectivity index (χ1n) is 13.7. The van der Waals surface area contributed by atoms with Gasteiger partial charge in [0.15, 0.2) is 0 Å². The maximum Gasteiger partial charge on any atom is 0.422 e. The Hall–Kier alpha value is -5.29. The van der Waals surface area contributed by atoms with Gasteiger partial charge in [0, 0.05) is 50.1 Å². The third-order valence-electron chi connectivity index (χ3n) is 8.82. The van der Waals surface area contributed by atoms with Crippen LogP contribution in [-0.4, -0.2) is 16.4 Å². The monoisotopic (exact) mass is 509 g/mol. The Balaban J connectivity index is 1.26. The third kappa shape index (κ3) is 2.42. The van der Waals surface area contributed by atoms with Gasteiger partial charge in [-0.3, -0.25) is 0 Å². The van der Waals surface area contributed by atoms with Crippen LogP contribution >= 0.6 is 0 Å². The lowest BCUT2D eigenvalue weighted by atomic mass is 9.60. The van der Waals surface area contributed by atoms with E-state index in [2.05, 4.69) is 112 Å². The topological polar surface area (TPSA) is 34.2 Å². The molecular formula is C35H20BN3O. The summed E-state index contributed by atoms with van der Waals surface area (Å²) >= 11 is 0. The van der Waals surface area contributed by atoms with Crippen molar-refractivity contribution in [3.63, 3.8) is 0 Å². The SMILES string of the molecule is c1ccc2c(c1)B1N(c3ccc(-c4cccc5c4oc4ccccc45)cc3-2)c2nccc3c4ccccc4n1c23.